The molecule has 3 aromatic carbocycles. The number of ether oxygens (including phenoxy) is 2. The van der Waals surface area contributed by atoms with Crippen molar-refractivity contribution < 1.29 is 29.3 Å². The summed E-state index contributed by atoms with van der Waals surface area (Å²) in [5, 5.41) is 21.2. The average Bonchev–Trinajstić information content (AvgIpc) is 3.42. The SMILES string of the molecule is CC(C)(C)Oc1ccccc1CN1C(=O)C(=O)/C(=C(\O)c2ccc3c(c2)CCO3)C1c1ccc(O)cc1. The van der Waals surface area contributed by atoms with Gasteiger partial charge in [0.25, 0.3) is 11.7 Å². The Morgan fingerprint density at radius 2 is 1.78 bits per heavy atom. The number of hydrogen-bond acceptors (Lipinski definition) is 6. The molecule has 2 aliphatic heterocycles. The molecule has 1 atom stereocenters. The van der Waals surface area contributed by atoms with Crippen molar-refractivity contribution in [1.82, 2.24) is 4.90 Å². The highest BCUT2D eigenvalue weighted by atomic mass is 16.5. The molecule has 1 amide bonds. The molecule has 2 aliphatic rings. The lowest BCUT2D eigenvalue weighted by atomic mass is 9.94. The van der Waals surface area contributed by atoms with Gasteiger partial charge in [0.2, 0.25) is 0 Å². The minimum atomic E-state index is -0.854. The number of aliphatic hydroxyl groups excluding tert-OH is 1. The van der Waals surface area contributed by atoms with E-state index in [1.807, 2.05) is 45.0 Å². The molecule has 1 saturated heterocycles. The molecule has 190 valence electrons. The number of phenols is 1. The first-order valence-corrected chi connectivity index (χ1v) is 12.2. The monoisotopic (exact) mass is 499 g/mol. The number of carbonyl (C=O) groups excluding carboxylic acids is 2. The minimum absolute atomic E-state index is 0.00350. The van der Waals surface area contributed by atoms with Crippen molar-refractivity contribution in [1.29, 1.82) is 0 Å². The van der Waals surface area contributed by atoms with E-state index < -0.39 is 23.3 Å². The number of fused-ring (bicyclic) bond motifs is 1. The fraction of sp³-hybridized carbons (Fsp3) is 0.267. The largest absolute Gasteiger partial charge is 0.508 e. The molecule has 5 rings (SSSR count). The maximum atomic E-state index is 13.4. The first-order chi connectivity index (χ1) is 17.6. The van der Waals surface area contributed by atoms with Gasteiger partial charge < -0.3 is 24.6 Å². The number of para-hydroxylation sites is 1. The van der Waals surface area contributed by atoms with E-state index >= 15 is 0 Å². The molecule has 2 heterocycles. The molecule has 2 N–H and O–H groups in total. The number of rotatable bonds is 5. The van der Waals surface area contributed by atoms with Gasteiger partial charge in [0.05, 0.1) is 24.8 Å². The Bertz CT molecular complexity index is 1400. The van der Waals surface area contributed by atoms with Crippen LogP contribution in [0.1, 0.15) is 49.1 Å². The Morgan fingerprint density at radius 3 is 2.51 bits per heavy atom. The highest BCUT2D eigenvalue weighted by Crippen LogP contribution is 2.42. The number of nitrogens with zero attached hydrogens (tertiary/aromatic N) is 1. The number of hydrogen-bond donors (Lipinski definition) is 2. The van der Waals surface area contributed by atoms with Crippen molar-refractivity contribution in [3.05, 3.63) is 94.6 Å². The highest BCUT2D eigenvalue weighted by Gasteiger charge is 2.46. The van der Waals surface area contributed by atoms with Crippen molar-refractivity contribution in [3.63, 3.8) is 0 Å². The molecule has 0 saturated carbocycles. The number of ketones is 1. The summed E-state index contributed by atoms with van der Waals surface area (Å²) < 4.78 is 11.7. The van der Waals surface area contributed by atoms with Crippen LogP contribution in [0.15, 0.2) is 72.3 Å². The first-order valence-electron chi connectivity index (χ1n) is 12.2. The number of aliphatic hydroxyl groups is 1. The van der Waals surface area contributed by atoms with Crippen molar-refractivity contribution in [3.8, 4) is 17.2 Å². The molecule has 1 fully saturated rings. The van der Waals surface area contributed by atoms with E-state index in [4.69, 9.17) is 9.47 Å². The average molecular weight is 500 g/mol. The van der Waals surface area contributed by atoms with Crippen molar-refractivity contribution >= 4 is 17.4 Å². The first kappa shape index (κ1) is 24.4. The van der Waals surface area contributed by atoms with E-state index in [0.29, 0.717) is 29.9 Å². The zero-order valence-corrected chi connectivity index (χ0v) is 21.0. The molecule has 0 spiro atoms. The Balaban J connectivity index is 1.61. The van der Waals surface area contributed by atoms with E-state index in [-0.39, 0.29) is 23.6 Å². The Kier molecular flexibility index (Phi) is 6.15. The van der Waals surface area contributed by atoms with Crippen molar-refractivity contribution in [2.75, 3.05) is 6.61 Å². The van der Waals surface area contributed by atoms with Crippen LogP contribution in [0.4, 0.5) is 0 Å². The molecule has 0 aliphatic carbocycles. The van der Waals surface area contributed by atoms with Gasteiger partial charge in [-0.3, -0.25) is 9.59 Å². The number of aromatic hydroxyl groups is 1. The maximum absolute atomic E-state index is 13.4. The molecule has 3 aromatic rings. The fourth-order valence-electron chi connectivity index (χ4n) is 4.78. The Morgan fingerprint density at radius 1 is 1.05 bits per heavy atom. The van der Waals surface area contributed by atoms with Gasteiger partial charge >= 0.3 is 0 Å². The van der Waals surface area contributed by atoms with Gasteiger partial charge in [0.1, 0.15) is 28.6 Å². The van der Waals surface area contributed by atoms with E-state index in [1.165, 1.54) is 17.0 Å². The van der Waals surface area contributed by atoms with Crippen molar-refractivity contribution in [2.45, 2.75) is 45.4 Å². The molecule has 37 heavy (non-hydrogen) atoms. The van der Waals surface area contributed by atoms with Crippen LogP contribution >= 0.6 is 0 Å². The molecule has 7 nitrogen and oxygen atoms in total. The number of carbonyl (C=O) groups is 2. The number of benzene rings is 3. The van der Waals surface area contributed by atoms with Crippen molar-refractivity contribution in [2.24, 2.45) is 0 Å². The second-order valence-electron chi connectivity index (χ2n) is 10.3. The van der Waals surface area contributed by atoms with Crippen LogP contribution in [-0.4, -0.2) is 39.0 Å². The summed E-state index contributed by atoms with van der Waals surface area (Å²) in [6.45, 7) is 6.47. The van der Waals surface area contributed by atoms with Crippen LogP contribution in [0, 0.1) is 0 Å². The Labute approximate surface area is 215 Å². The lowest BCUT2D eigenvalue weighted by Crippen LogP contribution is -2.30. The van der Waals surface area contributed by atoms with Gasteiger partial charge in [0.15, 0.2) is 0 Å². The molecule has 0 radical (unpaired) electrons. The summed E-state index contributed by atoms with van der Waals surface area (Å²) in [5.74, 6) is -0.296. The molecule has 7 heteroatoms. The predicted molar refractivity (Wildman–Crippen MR) is 138 cm³/mol. The van der Waals surface area contributed by atoms with Gasteiger partial charge in [-0.2, -0.15) is 0 Å². The standard InChI is InChI=1S/C30H29NO6/c1-30(2,3)37-24-7-5-4-6-21(24)17-31-26(18-8-11-22(32)12-9-18)25(28(34)29(31)35)27(33)20-10-13-23-19(16-20)14-15-36-23/h4-13,16,26,32-33H,14-15,17H2,1-3H3/b27-25-. The second kappa shape index (κ2) is 9.32. The highest BCUT2D eigenvalue weighted by molar-refractivity contribution is 6.46. The van der Waals surface area contributed by atoms with Crippen LogP contribution in [0.5, 0.6) is 17.2 Å². The van der Waals surface area contributed by atoms with Crippen LogP contribution in [0.2, 0.25) is 0 Å². The van der Waals surface area contributed by atoms with Gasteiger partial charge in [-0.25, -0.2) is 0 Å². The zero-order valence-electron chi connectivity index (χ0n) is 21.0. The Hall–Kier alpha value is -4.26. The lowest BCUT2D eigenvalue weighted by Gasteiger charge is -2.28. The zero-order chi connectivity index (χ0) is 26.3. The third kappa shape index (κ3) is 4.77. The quantitative estimate of drug-likeness (QED) is 0.287. The number of phenolic OH excluding ortho intramolecular Hbond substituents is 1. The number of Topliss-reactive ketones (excluding diaryl/α,β-unsaturated/α-hetero) is 1. The molecular formula is C30H29NO6. The van der Waals surface area contributed by atoms with Crippen LogP contribution in [0.3, 0.4) is 0 Å². The molecule has 0 aromatic heterocycles. The summed E-state index contributed by atoms with van der Waals surface area (Å²) in [6.07, 6.45) is 0.705. The topological polar surface area (TPSA) is 96.3 Å². The van der Waals surface area contributed by atoms with Crippen LogP contribution in [-0.2, 0) is 22.6 Å². The molecular weight excluding hydrogens is 470 g/mol. The van der Waals surface area contributed by atoms with E-state index in [9.17, 15) is 19.8 Å². The summed E-state index contributed by atoms with van der Waals surface area (Å²) >= 11 is 0. The van der Waals surface area contributed by atoms with Gasteiger partial charge in [-0.15, -0.1) is 0 Å². The number of amides is 1. The van der Waals surface area contributed by atoms with E-state index in [2.05, 4.69) is 0 Å². The second-order valence-corrected chi connectivity index (χ2v) is 10.3. The van der Waals surface area contributed by atoms with E-state index in [1.54, 1.807) is 30.3 Å². The third-order valence-corrected chi connectivity index (χ3v) is 6.44. The van der Waals surface area contributed by atoms with Crippen LogP contribution < -0.4 is 9.47 Å². The maximum Gasteiger partial charge on any atom is 0.295 e. The third-order valence-electron chi connectivity index (χ3n) is 6.44. The normalized spacial score (nSPS) is 18.6. The van der Waals surface area contributed by atoms with E-state index in [0.717, 1.165) is 16.9 Å². The number of likely N-dealkylation sites (tertiary alicyclic amines) is 1. The van der Waals surface area contributed by atoms with Gasteiger partial charge in [0, 0.05) is 17.5 Å². The summed E-state index contributed by atoms with van der Waals surface area (Å²) in [4.78, 5) is 28.3. The fourth-order valence-corrected chi connectivity index (χ4v) is 4.78. The summed E-state index contributed by atoms with van der Waals surface area (Å²) in [6, 6.07) is 18.1. The lowest BCUT2D eigenvalue weighted by molar-refractivity contribution is -0.140. The minimum Gasteiger partial charge on any atom is -0.508 e. The molecule has 1 unspecified atom stereocenters. The summed E-state index contributed by atoms with van der Waals surface area (Å²) in [5.41, 5.74) is 2.26. The summed E-state index contributed by atoms with van der Waals surface area (Å²) in [7, 11) is 0. The molecule has 0 bridgehead atoms. The van der Waals surface area contributed by atoms with Crippen LogP contribution in [0.25, 0.3) is 5.76 Å². The predicted octanol–water partition coefficient (Wildman–Crippen LogP) is 5.13. The smallest absolute Gasteiger partial charge is 0.295 e. The van der Waals surface area contributed by atoms with Gasteiger partial charge in [-0.05, 0) is 68.3 Å². The van der Waals surface area contributed by atoms with Gasteiger partial charge in [-0.1, -0.05) is 30.3 Å².